The van der Waals surface area contributed by atoms with E-state index in [2.05, 4.69) is 26.1 Å². The SMILES string of the molecule is CC[C@@H](C)NC(=O)[C@H](CC)N(Cc1ccc(C)cc1)C(=O)CN(c1ccc(C(C)(C)C)cc1)S(C)(=O)=O. The van der Waals surface area contributed by atoms with Gasteiger partial charge in [-0.25, -0.2) is 8.42 Å². The smallest absolute Gasteiger partial charge is 0.244 e. The number of rotatable bonds is 11. The van der Waals surface area contributed by atoms with Gasteiger partial charge in [0.15, 0.2) is 0 Å². The van der Waals surface area contributed by atoms with Gasteiger partial charge in [-0.3, -0.25) is 13.9 Å². The molecule has 0 aliphatic rings. The standard InChI is InChI=1S/C29H43N3O4S/c1-9-22(4)30-28(34)26(10-2)31(19-23-13-11-21(3)12-14-23)27(33)20-32(37(8,35)36)25-17-15-24(16-18-25)29(5,6)7/h11-18,22,26H,9-10,19-20H2,1-8H3,(H,30,34)/t22-,26+/m1/s1. The molecule has 0 aromatic heterocycles. The molecule has 0 radical (unpaired) electrons. The summed E-state index contributed by atoms with van der Waals surface area (Å²) in [6.45, 7) is 13.8. The Balaban J connectivity index is 2.44. The summed E-state index contributed by atoms with van der Waals surface area (Å²) in [7, 11) is -3.76. The molecule has 2 rings (SSSR count). The van der Waals surface area contributed by atoms with E-state index in [1.165, 1.54) is 4.90 Å². The van der Waals surface area contributed by atoms with Crippen LogP contribution >= 0.6 is 0 Å². The number of nitrogens with zero attached hydrogens (tertiary/aromatic N) is 2. The first-order valence-corrected chi connectivity index (χ1v) is 14.8. The van der Waals surface area contributed by atoms with Crippen molar-refractivity contribution in [2.75, 3.05) is 17.1 Å². The second-order valence-electron chi connectivity index (χ2n) is 10.8. The van der Waals surface area contributed by atoms with Crippen molar-refractivity contribution in [1.29, 1.82) is 0 Å². The number of sulfonamides is 1. The lowest BCUT2D eigenvalue weighted by Crippen LogP contribution is -2.53. The maximum Gasteiger partial charge on any atom is 0.244 e. The van der Waals surface area contributed by atoms with Gasteiger partial charge in [0.1, 0.15) is 12.6 Å². The minimum Gasteiger partial charge on any atom is -0.352 e. The average Bonchev–Trinajstić information content (AvgIpc) is 2.82. The Morgan fingerprint density at radius 2 is 1.51 bits per heavy atom. The zero-order valence-electron chi connectivity index (χ0n) is 23.5. The lowest BCUT2D eigenvalue weighted by molar-refractivity contribution is -0.140. The van der Waals surface area contributed by atoms with Crippen LogP contribution in [0.2, 0.25) is 0 Å². The second kappa shape index (κ2) is 12.6. The molecule has 2 aromatic rings. The summed E-state index contributed by atoms with van der Waals surface area (Å²) in [6, 6.07) is 14.2. The molecule has 0 saturated heterocycles. The van der Waals surface area contributed by atoms with E-state index in [1.54, 1.807) is 12.1 Å². The van der Waals surface area contributed by atoms with Gasteiger partial charge in [0.2, 0.25) is 21.8 Å². The summed E-state index contributed by atoms with van der Waals surface area (Å²) >= 11 is 0. The lowest BCUT2D eigenvalue weighted by Gasteiger charge is -2.33. The molecule has 2 aromatic carbocycles. The molecule has 0 bridgehead atoms. The average molecular weight is 530 g/mol. The van der Waals surface area contributed by atoms with Gasteiger partial charge in [0.25, 0.3) is 0 Å². The zero-order valence-corrected chi connectivity index (χ0v) is 24.4. The molecular weight excluding hydrogens is 486 g/mol. The highest BCUT2D eigenvalue weighted by Gasteiger charge is 2.32. The molecule has 204 valence electrons. The van der Waals surface area contributed by atoms with E-state index in [4.69, 9.17) is 0 Å². The molecule has 0 spiro atoms. The first kappa shape index (κ1) is 30.4. The Bertz CT molecular complexity index is 1150. The molecule has 37 heavy (non-hydrogen) atoms. The first-order chi connectivity index (χ1) is 17.2. The molecule has 0 fully saturated rings. The van der Waals surface area contributed by atoms with Gasteiger partial charge < -0.3 is 10.2 Å². The number of hydrogen-bond donors (Lipinski definition) is 1. The van der Waals surface area contributed by atoms with E-state index in [0.717, 1.165) is 33.7 Å². The minimum atomic E-state index is -3.76. The molecular formula is C29H43N3O4S. The summed E-state index contributed by atoms with van der Waals surface area (Å²) in [4.78, 5) is 28.5. The highest BCUT2D eigenvalue weighted by molar-refractivity contribution is 7.92. The summed E-state index contributed by atoms with van der Waals surface area (Å²) in [5, 5.41) is 2.98. The largest absolute Gasteiger partial charge is 0.352 e. The molecule has 8 heteroatoms. The number of amides is 2. The summed E-state index contributed by atoms with van der Waals surface area (Å²) in [5.74, 6) is -0.671. The summed E-state index contributed by atoms with van der Waals surface area (Å²) in [5.41, 5.74) is 3.34. The molecule has 0 aliphatic heterocycles. The van der Waals surface area contributed by atoms with Crippen LogP contribution in [0.25, 0.3) is 0 Å². The van der Waals surface area contributed by atoms with Crippen molar-refractivity contribution >= 4 is 27.5 Å². The summed E-state index contributed by atoms with van der Waals surface area (Å²) < 4.78 is 26.7. The second-order valence-corrected chi connectivity index (χ2v) is 12.7. The van der Waals surface area contributed by atoms with Crippen molar-refractivity contribution in [2.45, 2.75) is 85.4 Å². The molecule has 0 heterocycles. The van der Waals surface area contributed by atoms with Crippen LogP contribution in [0.4, 0.5) is 5.69 Å². The topological polar surface area (TPSA) is 86.8 Å². The third-order valence-corrected chi connectivity index (χ3v) is 7.70. The first-order valence-electron chi connectivity index (χ1n) is 12.9. The van der Waals surface area contributed by atoms with Crippen LogP contribution in [0.3, 0.4) is 0 Å². The highest BCUT2D eigenvalue weighted by Crippen LogP contribution is 2.26. The van der Waals surface area contributed by atoms with Gasteiger partial charge >= 0.3 is 0 Å². The highest BCUT2D eigenvalue weighted by atomic mass is 32.2. The molecule has 7 nitrogen and oxygen atoms in total. The maximum absolute atomic E-state index is 13.8. The predicted molar refractivity (Wildman–Crippen MR) is 151 cm³/mol. The molecule has 0 aliphatic carbocycles. The van der Waals surface area contributed by atoms with Crippen molar-refractivity contribution in [2.24, 2.45) is 0 Å². The van der Waals surface area contributed by atoms with Crippen molar-refractivity contribution in [3.05, 3.63) is 65.2 Å². The quantitative estimate of drug-likeness (QED) is 0.454. The molecule has 2 amide bonds. The van der Waals surface area contributed by atoms with Gasteiger partial charge in [-0.05, 0) is 55.4 Å². The van der Waals surface area contributed by atoms with Crippen LogP contribution in [0, 0.1) is 6.92 Å². The Morgan fingerprint density at radius 1 is 0.946 bits per heavy atom. The number of benzene rings is 2. The van der Waals surface area contributed by atoms with Gasteiger partial charge in [0, 0.05) is 12.6 Å². The van der Waals surface area contributed by atoms with Gasteiger partial charge in [0.05, 0.1) is 11.9 Å². The fourth-order valence-electron chi connectivity index (χ4n) is 3.99. The molecule has 1 N–H and O–H groups in total. The molecule has 2 atom stereocenters. The third kappa shape index (κ3) is 8.59. The fourth-order valence-corrected chi connectivity index (χ4v) is 4.84. The monoisotopic (exact) mass is 529 g/mol. The third-order valence-electron chi connectivity index (χ3n) is 6.56. The maximum atomic E-state index is 13.8. The van der Waals surface area contributed by atoms with Crippen LogP contribution in [0.5, 0.6) is 0 Å². The van der Waals surface area contributed by atoms with E-state index in [0.29, 0.717) is 12.1 Å². The number of nitrogens with one attached hydrogen (secondary N) is 1. The number of hydrogen-bond acceptors (Lipinski definition) is 4. The molecule has 0 unspecified atom stereocenters. The Morgan fingerprint density at radius 3 is 1.97 bits per heavy atom. The zero-order chi connectivity index (χ0) is 28.0. The summed E-state index contributed by atoms with van der Waals surface area (Å²) in [6.07, 6.45) is 2.26. The van der Waals surface area contributed by atoms with Gasteiger partial charge in [-0.1, -0.05) is 76.6 Å². The van der Waals surface area contributed by atoms with Crippen LogP contribution < -0.4 is 9.62 Å². The minimum absolute atomic E-state index is 0.0354. The number of anilines is 1. The van der Waals surface area contributed by atoms with Crippen molar-refractivity contribution in [3.8, 4) is 0 Å². The normalized spacial score (nSPS) is 13.5. The van der Waals surface area contributed by atoms with Crippen LogP contribution in [-0.2, 0) is 31.6 Å². The van der Waals surface area contributed by atoms with Crippen LogP contribution in [0.15, 0.2) is 48.5 Å². The Labute approximate surface area is 223 Å². The predicted octanol–water partition coefficient (Wildman–Crippen LogP) is 4.78. The van der Waals surface area contributed by atoms with E-state index in [-0.39, 0.29) is 23.9 Å². The van der Waals surface area contributed by atoms with Crippen LogP contribution in [-0.4, -0.2) is 50.0 Å². The Hall–Kier alpha value is -2.87. The number of aryl methyl sites for hydroxylation is 1. The van der Waals surface area contributed by atoms with Crippen molar-refractivity contribution < 1.29 is 18.0 Å². The van der Waals surface area contributed by atoms with Crippen molar-refractivity contribution in [1.82, 2.24) is 10.2 Å². The molecule has 0 saturated carbocycles. The lowest BCUT2D eigenvalue weighted by atomic mass is 9.87. The van der Waals surface area contributed by atoms with E-state index < -0.39 is 28.5 Å². The fraction of sp³-hybridized carbons (Fsp3) is 0.517. The van der Waals surface area contributed by atoms with E-state index in [1.807, 2.05) is 64.1 Å². The van der Waals surface area contributed by atoms with Crippen molar-refractivity contribution in [3.63, 3.8) is 0 Å². The number of carbonyl (C=O) groups excluding carboxylic acids is 2. The van der Waals surface area contributed by atoms with E-state index >= 15 is 0 Å². The van der Waals surface area contributed by atoms with Crippen LogP contribution in [0.1, 0.15) is 71.1 Å². The number of carbonyl (C=O) groups is 2. The van der Waals surface area contributed by atoms with Gasteiger partial charge in [-0.2, -0.15) is 0 Å². The van der Waals surface area contributed by atoms with Gasteiger partial charge in [-0.15, -0.1) is 0 Å². The van der Waals surface area contributed by atoms with E-state index in [9.17, 15) is 18.0 Å². The Kier molecular flexibility index (Phi) is 10.3.